The summed E-state index contributed by atoms with van der Waals surface area (Å²) in [5, 5.41) is 3.60. The summed E-state index contributed by atoms with van der Waals surface area (Å²) in [4.78, 5) is 1.88. The van der Waals surface area contributed by atoms with Crippen LogP contribution in [0.5, 0.6) is 0 Å². The number of nitrogens with one attached hydrogen (secondary N) is 1. The topological polar surface area (TPSA) is 15.3 Å². The Kier molecular flexibility index (Phi) is 5.35. The lowest BCUT2D eigenvalue weighted by molar-refractivity contribution is -0.138. The maximum atomic E-state index is 12.3. The van der Waals surface area contributed by atoms with Gasteiger partial charge in [-0.15, -0.1) is 0 Å². The molecule has 0 heterocycles. The fourth-order valence-corrected chi connectivity index (χ4v) is 3.31. The Morgan fingerprint density at radius 1 is 1.15 bits per heavy atom. The third-order valence-electron chi connectivity index (χ3n) is 4.64. The van der Waals surface area contributed by atoms with Gasteiger partial charge in [0.05, 0.1) is 6.42 Å². The molecule has 0 aromatic heterocycles. The summed E-state index contributed by atoms with van der Waals surface area (Å²) >= 11 is 0. The van der Waals surface area contributed by atoms with Gasteiger partial charge in [-0.1, -0.05) is 19.3 Å². The summed E-state index contributed by atoms with van der Waals surface area (Å²) in [7, 11) is 1.83. The minimum absolute atomic E-state index is 0.120. The van der Waals surface area contributed by atoms with E-state index in [1.54, 1.807) is 0 Å². The summed E-state index contributed by atoms with van der Waals surface area (Å²) in [5.41, 5.74) is 0.196. The van der Waals surface area contributed by atoms with Gasteiger partial charge < -0.3 is 10.2 Å². The van der Waals surface area contributed by atoms with Gasteiger partial charge in [0.2, 0.25) is 0 Å². The molecule has 0 spiro atoms. The monoisotopic (exact) mass is 292 g/mol. The van der Waals surface area contributed by atoms with Crippen molar-refractivity contribution in [3.05, 3.63) is 0 Å². The molecule has 0 unspecified atom stereocenters. The number of hydrogen-bond donors (Lipinski definition) is 1. The summed E-state index contributed by atoms with van der Waals surface area (Å²) in [6, 6.07) is 0.675. The van der Waals surface area contributed by atoms with Crippen LogP contribution in [-0.2, 0) is 0 Å². The SMILES string of the molecule is CN(CCC(F)(F)F)CC1(CNC2CC2)CCCCC1. The van der Waals surface area contributed by atoms with Crippen LogP contribution >= 0.6 is 0 Å². The van der Waals surface area contributed by atoms with E-state index in [2.05, 4.69) is 5.32 Å². The minimum atomic E-state index is -4.04. The third kappa shape index (κ3) is 5.60. The Bertz CT molecular complexity index is 294. The summed E-state index contributed by atoms with van der Waals surface area (Å²) < 4.78 is 36.9. The molecule has 2 fully saturated rings. The minimum Gasteiger partial charge on any atom is -0.313 e. The lowest BCUT2D eigenvalue weighted by atomic mass is 9.73. The van der Waals surface area contributed by atoms with Crippen LogP contribution in [0.2, 0.25) is 0 Å². The van der Waals surface area contributed by atoms with Crippen molar-refractivity contribution in [1.29, 1.82) is 0 Å². The molecule has 0 amide bonds. The van der Waals surface area contributed by atoms with Crippen molar-refractivity contribution in [2.75, 3.05) is 26.7 Å². The second-order valence-corrected chi connectivity index (χ2v) is 6.82. The number of nitrogens with zero attached hydrogens (tertiary/aromatic N) is 1. The van der Waals surface area contributed by atoms with Gasteiger partial charge in [-0.25, -0.2) is 0 Å². The first-order valence-corrected chi connectivity index (χ1v) is 7.87. The summed E-state index contributed by atoms with van der Waals surface area (Å²) in [6.45, 7) is 1.89. The van der Waals surface area contributed by atoms with Crippen LogP contribution in [0.4, 0.5) is 13.2 Å². The van der Waals surface area contributed by atoms with Gasteiger partial charge in [0, 0.05) is 25.7 Å². The Morgan fingerprint density at radius 3 is 2.35 bits per heavy atom. The maximum Gasteiger partial charge on any atom is 0.390 e. The highest BCUT2D eigenvalue weighted by molar-refractivity contribution is 4.91. The van der Waals surface area contributed by atoms with E-state index in [-0.39, 0.29) is 12.0 Å². The molecule has 2 saturated carbocycles. The quantitative estimate of drug-likeness (QED) is 0.771. The molecule has 2 rings (SSSR count). The predicted octanol–water partition coefficient (Wildman–Crippen LogP) is 3.57. The van der Waals surface area contributed by atoms with Crippen molar-refractivity contribution >= 4 is 0 Å². The second-order valence-electron chi connectivity index (χ2n) is 6.82. The summed E-state index contributed by atoms with van der Waals surface area (Å²) in [6.07, 6.45) is 3.82. The highest BCUT2D eigenvalue weighted by Gasteiger charge is 2.35. The Hall–Kier alpha value is -0.290. The van der Waals surface area contributed by atoms with E-state index in [1.165, 1.54) is 32.1 Å². The first-order valence-electron chi connectivity index (χ1n) is 7.87. The van der Waals surface area contributed by atoms with Gasteiger partial charge in [-0.3, -0.25) is 0 Å². The first-order chi connectivity index (χ1) is 9.39. The average Bonchev–Trinajstić information content (AvgIpc) is 3.19. The van der Waals surface area contributed by atoms with Crippen LogP contribution in [0.3, 0.4) is 0 Å². The molecule has 0 atom stereocenters. The van der Waals surface area contributed by atoms with Crippen LogP contribution in [0.15, 0.2) is 0 Å². The number of alkyl halides is 3. The largest absolute Gasteiger partial charge is 0.390 e. The number of hydrogen-bond acceptors (Lipinski definition) is 2. The Balaban J connectivity index is 1.82. The molecule has 0 bridgehead atoms. The van der Waals surface area contributed by atoms with E-state index in [9.17, 15) is 13.2 Å². The molecule has 0 aromatic carbocycles. The van der Waals surface area contributed by atoms with Crippen LogP contribution in [-0.4, -0.2) is 43.8 Å². The first kappa shape index (κ1) is 16.1. The zero-order valence-electron chi connectivity index (χ0n) is 12.4. The van der Waals surface area contributed by atoms with E-state index in [4.69, 9.17) is 0 Å². The lowest BCUT2D eigenvalue weighted by Gasteiger charge is -2.40. The van der Waals surface area contributed by atoms with Gasteiger partial charge >= 0.3 is 6.18 Å². The van der Waals surface area contributed by atoms with Crippen molar-refractivity contribution < 1.29 is 13.2 Å². The summed E-state index contributed by atoms with van der Waals surface area (Å²) in [5.74, 6) is 0. The fraction of sp³-hybridized carbons (Fsp3) is 1.00. The third-order valence-corrected chi connectivity index (χ3v) is 4.64. The van der Waals surface area contributed by atoms with E-state index in [0.29, 0.717) is 6.04 Å². The molecule has 0 aliphatic heterocycles. The van der Waals surface area contributed by atoms with Crippen molar-refractivity contribution in [3.8, 4) is 0 Å². The molecule has 2 aliphatic carbocycles. The predicted molar refractivity (Wildman–Crippen MR) is 74.7 cm³/mol. The van der Waals surface area contributed by atoms with E-state index in [0.717, 1.165) is 25.9 Å². The van der Waals surface area contributed by atoms with Gasteiger partial charge in [0.1, 0.15) is 0 Å². The van der Waals surface area contributed by atoms with Crippen LogP contribution in [0.25, 0.3) is 0 Å². The normalized spacial score (nSPS) is 23.2. The zero-order valence-corrected chi connectivity index (χ0v) is 12.4. The number of rotatable bonds is 7. The van der Waals surface area contributed by atoms with E-state index < -0.39 is 12.6 Å². The average molecular weight is 292 g/mol. The Labute approximate surface area is 120 Å². The van der Waals surface area contributed by atoms with Crippen LogP contribution in [0, 0.1) is 5.41 Å². The molecule has 20 heavy (non-hydrogen) atoms. The maximum absolute atomic E-state index is 12.3. The molecular formula is C15H27F3N2. The second kappa shape index (κ2) is 6.65. The van der Waals surface area contributed by atoms with Crippen LogP contribution in [0.1, 0.15) is 51.4 Å². The fourth-order valence-electron chi connectivity index (χ4n) is 3.31. The molecule has 2 nitrogen and oxygen atoms in total. The molecule has 118 valence electrons. The van der Waals surface area contributed by atoms with Crippen molar-refractivity contribution in [2.24, 2.45) is 5.41 Å². The lowest BCUT2D eigenvalue weighted by Crippen LogP contribution is -2.45. The molecule has 0 saturated heterocycles. The van der Waals surface area contributed by atoms with Gasteiger partial charge in [-0.2, -0.15) is 13.2 Å². The molecule has 5 heteroatoms. The van der Waals surface area contributed by atoms with Crippen molar-refractivity contribution in [3.63, 3.8) is 0 Å². The number of halogens is 3. The van der Waals surface area contributed by atoms with Crippen molar-refractivity contribution in [1.82, 2.24) is 10.2 Å². The van der Waals surface area contributed by atoms with E-state index in [1.807, 2.05) is 11.9 Å². The molecular weight excluding hydrogens is 265 g/mol. The molecule has 0 aromatic rings. The van der Waals surface area contributed by atoms with Crippen molar-refractivity contribution in [2.45, 2.75) is 63.6 Å². The van der Waals surface area contributed by atoms with Crippen LogP contribution < -0.4 is 5.32 Å². The molecule has 0 radical (unpaired) electrons. The smallest absolute Gasteiger partial charge is 0.313 e. The highest BCUT2D eigenvalue weighted by Crippen LogP contribution is 2.37. The van der Waals surface area contributed by atoms with Gasteiger partial charge in [0.15, 0.2) is 0 Å². The Morgan fingerprint density at radius 2 is 1.80 bits per heavy atom. The zero-order chi connectivity index (χ0) is 14.6. The molecule has 2 aliphatic rings. The molecule has 1 N–H and O–H groups in total. The van der Waals surface area contributed by atoms with Gasteiger partial charge in [0.25, 0.3) is 0 Å². The standard InChI is InChI=1S/C15H27F3N2/c1-20(10-9-15(16,17)18)12-14(7-3-2-4-8-14)11-19-13-5-6-13/h13,19H,2-12H2,1H3. The van der Waals surface area contributed by atoms with E-state index >= 15 is 0 Å². The highest BCUT2D eigenvalue weighted by atomic mass is 19.4. The van der Waals surface area contributed by atoms with Gasteiger partial charge in [-0.05, 0) is 38.1 Å².